The maximum atomic E-state index is 13.6. The minimum Gasteiger partial charge on any atom is -0.394 e. The summed E-state index contributed by atoms with van der Waals surface area (Å²) < 4.78 is 178. The third-order valence-electron chi connectivity index (χ3n) is 14.8. The highest BCUT2D eigenvalue weighted by atomic mass is 35.5. The molecule has 10 rings (SSSR count). The zero-order valence-corrected chi connectivity index (χ0v) is 57.4. The Bertz CT molecular complexity index is 4830. The van der Waals surface area contributed by atoms with Crippen molar-refractivity contribution in [2.75, 3.05) is 94.8 Å². The van der Waals surface area contributed by atoms with Crippen molar-refractivity contribution in [3.05, 3.63) is 101 Å². The van der Waals surface area contributed by atoms with Crippen LogP contribution >= 0.6 is 58.0 Å². The van der Waals surface area contributed by atoms with E-state index < -0.39 is 223 Å². The monoisotopic (exact) mass is 1630 g/mol. The second-order valence-corrected chi connectivity index (χ2v) is 24.6. The lowest BCUT2D eigenvalue weighted by molar-refractivity contribution is -0.0512. The number of halogens is 11. The first-order valence-corrected chi connectivity index (χ1v) is 31.0. The number of nitrogens with two attached hydrogens (primary N) is 5. The highest BCUT2D eigenvalue weighted by molar-refractivity contribution is 6.28. The van der Waals surface area contributed by atoms with Gasteiger partial charge in [-0.05, 0) is 19.1 Å². The molecule has 5 aromatic rings. The van der Waals surface area contributed by atoms with Gasteiger partial charge >= 0.3 is 28.4 Å². The van der Waals surface area contributed by atoms with E-state index in [2.05, 4.69) is 64.6 Å². The lowest BCUT2D eigenvalue weighted by Gasteiger charge is -2.26. The third kappa shape index (κ3) is 18.8. The molecule has 20 N–H and O–H groups in total. The SMILES string of the molecule is [2H]C([2H])(O)[C@H]1O[C@@H](n2c(C)cc(N)nc2=O)C(Cl)(C#CCF)[C@H]1O.[2H]C([2H])(O)[C@H]1O[C@@H](n2cc(F)c(N)nc2=O)C(Cl)(C#CCF)[C@H]1O.[2H]C([2H])(O)[C@H]1O[C@@H](n2ccc(N)nc2=O)C(Cl)(C#CCF)[C@H]1O.[2H]C([2H])(O)[C@H]1O[C@@H](n2cnc(N)nc2=O)C(Cl)(C#CCF)[C@H]1O.[2H]C([2H])(O)[C@H]1O[C@@H](n2ncc(N)nc2=O)C(Cl)(C#CCF)[C@H]1O. The molecule has 5 fully saturated rings. The van der Waals surface area contributed by atoms with Gasteiger partial charge in [0.1, 0.15) is 118 Å². The average Bonchev–Trinajstić information content (AvgIpc) is 1.61. The largest absolute Gasteiger partial charge is 0.394 e. The Labute approximate surface area is 636 Å². The molecule has 0 aromatic carbocycles. The van der Waals surface area contributed by atoms with Crippen molar-refractivity contribution in [3.8, 4) is 59.2 Å². The second kappa shape index (κ2) is 37.5. The fourth-order valence-electron chi connectivity index (χ4n) is 9.89. The molecule has 5 aliphatic heterocycles. The molecule has 0 bridgehead atoms. The van der Waals surface area contributed by atoms with Crippen LogP contribution in [0.2, 0.25) is 0 Å². The summed E-state index contributed by atoms with van der Waals surface area (Å²) in [5.74, 6) is 18.4. The second-order valence-electron chi connectivity index (χ2n) is 21.4. The van der Waals surface area contributed by atoms with Gasteiger partial charge in [-0.15, -0.1) is 0 Å². The maximum absolute atomic E-state index is 13.6. The number of hydrogen-bond acceptors (Lipinski definition) is 32. The summed E-state index contributed by atoms with van der Waals surface area (Å²) in [4.78, 5) is 69.6. The third-order valence-corrected chi connectivity index (χ3v) is 17.3. The summed E-state index contributed by atoms with van der Waals surface area (Å²) in [6, 6.07) is 2.58. The summed E-state index contributed by atoms with van der Waals surface area (Å²) in [6.07, 6.45) is -23.1. The van der Waals surface area contributed by atoms with Crippen molar-refractivity contribution in [2.45, 2.75) is 123 Å². The van der Waals surface area contributed by atoms with E-state index in [0.717, 1.165) is 27.9 Å². The van der Waals surface area contributed by atoms with Crippen molar-refractivity contribution < 1.29 is 115 Å². The molecule has 0 aliphatic carbocycles. The van der Waals surface area contributed by atoms with Crippen LogP contribution in [0.15, 0.2) is 61.0 Å². The summed E-state index contributed by atoms with van der Waals surface area (Å²) in [7, 11) is 0. The Hall–Kier alpha value is -8.51. The van der Waals surface area contributed by atoms with Gasteiger partial charge in [0.15, 0.2) is 67.1 Å². The van der Waals surface area contributed by atoms with Gasteiger partial charge in [0.05, 0.1) is 58.9 Å². The molecule has 48 heteroatoms. The van der Waals surface area contributed by atoms with Gasteiger partial charge in [-0.1, -0.05) is 117 Å². The van der Waals surface area contributed by atoms with Crippen LogP contribution in [0.3, 0.4) is 0 Å². The standard InChI is InChI=1S/C13H15ClFN3O4.C12H12ClF2N3O4.C12H13ClFN3O4.2C11H12ClFN4O4/c1-7-5-9(16)17-12(21)18(7)11-13(14,3-2-4-15)10(20)8(6-19)22-11;13-12(2-1-3-14)8(20)7(5-19)22-10(12)18-4-6(15)9(16)17-11(18)21;13-12(3-1-4-14)9(19)7(6-18)21-10(12)17-5-2-8(15)16-11(17)20;12-11(2-1-3-13)8(19)6(5-18)21-9(11)17-10(20)16-7(14)4-15-17;12-11(2-1-3-13)7(19)6(4-18)21-8(11)17-5-15-9(14)16-10(17)20/h5,8,10-11,19-20H,4,6H2,1H3,(H2,16,17,21);4,7-8,10,19-20H,3,5H2,(H2,16,17,21);2,5,7,9-10,18-19H,4,6H2,(H2,15,16,20);4,6,8-9,18-19H,3,5H2,(H2,14,16,20);5-8,18-19H,3-4H2,(H2,14,16,20)/t8-,10+,11-,13?;7-,8+,10-,12?;7-,9+,10-,12?;6-,8+,9-,11?;6-,7+,8-,11?/m11111/s1/i6D2;5D2;6D2;5D2;4D2. The lowest BCUT2D eigenvalue weighted by Crippen LogP contribution is -2.44. The van der Waals surface area contributed by atoms with Gasteiger partial charge in [-0.25, -0.2) is 55.3 Å². The summed E-state index contributed by atoms with van der Waals surface area (Å²) in [6.45, 7) is -19.1. The van der Waals surface area contributed by atoms with Crippen molar-refractivity contribution in [3.63, 3.8) is 0 Å². The first-order chi connectivity index (χ1) is 53.9. The number of alkyl halides is 10. The highest BCUT2D eigenvalue weighted by Gasteiger charge is 2.60. The Balaban J connectivity index is 0.000000227. The molecule has 10 heterocycles. The zero-order valence-electron chi connectivity index (χ0n) is 63.6. The van der Waals surface area contributed by atoms with Crippen LogP contribution in [0.4, 0.5) is 55.6 Å². The minimum atomic E-state index is -3.07. The molecule has 5 saturated heterocycles. The van der Waals surface area contributed by atoms with Gasteiger partial charge in [-0.2, -0.15) is 34.7 Å². The fraction of sp³-hybridized carbons (Fsp3) is 0.525. The summed E-state index contributed by atoms with van der Waals surface area (Å²) in [5.41, 5.74) is 22.0. The molecule has 0 spiro atoms. The lowest BCUT2D eigenvalue weighted by atomic mass is 9.99. The molecule has 0 saturated carbocycles. The van der Waals surface area contributed by atoms with E-state index in [1.54, 1.807) is 0 Å². The van der Waals surface area contributed by atoms with Crippen molar-refractivity contribution in [1.82, 2.24) is 58.0 Å². The molecular weight excluding hydrogens is 1560 g/mol. The van der Waals surface area contributed by atoms with Gasteiger partial charge in [0.2, 0.25) is 5.95 Å². The normalized spacial score (nSPS) is 33.4. The van der Waals surface area contributed by atoms with E-state index in [1.807, 2.05) is 29.6 Å². The number of rotatable bonds is 10. The molecule has 107 heavy (non-hydrogen) atoms. The average molecular weight is 1630 g/mol. The van der Waals surface area contributed by atoms with Gasteiger partial charge in [0.25, 0.3) is 0 Å². The van der Waals surface area contributed by atoms with Gasteiger partial charge in [-0.3, -0.25) is 18.3 Å². The predicted molar refractivity (Wildman–Crippen MR) is 362 cm³/mol. The first-order valence-electron chi connectivity index (χ1n) is 34.1. The molecule has 5 unspecified atom stereocenters. The summed E-state index contributed by atoms with van der Waals surface area (Å²) >= 11 is 30.9. The first kappa shape index (κ1) is 72.7. The topological polar surface area (TPSA) is 579 Å². The number of nitrogen functional groups attached to an aromatic ring is 5. The highest BCUT2D eigenvalue weighted by Crippen LogP contribution is 2.47. The van der Waals surface area contributed by atoms with Crippen LogP contribution in [0.1, 0.15) is 50.5 Å². The molecule has 582 valence electrons. The predicted octanol–water partition coefficient (Wildman–Crippen LogP) is -5.63. The van der Waals surface area contributed by atoms with Gasteiger partial charge < -0.3 is 103 Å². The van der Waals surface area contributed by atoms with E-state index >= 15 is 0 Å². The van der Waals surface area contributed by atoms with Crippen LogP contribution < -0.4 is 57.1 Å². The smallest absolute Gasteiger partial charge is 0.368 e. The number of aliphatic hydroxyl groups is 10. The molecule has 5 aliphatic rings. The van der Waals surface area contributed by atoms with E-state index in [1.165, 1.54) is 19.1 Å². The molecule has 0 amide bonds. The molecule has 5 aromatic heterocycles. The number of aromatic nitrogens is 12. The van der Waals surface area contributed by atoms with E-state index in [9.17, 15) is 101 Å². The maximum Gasteiger partial charge on any atom is 0.368 e. The number of anilines is 5. The Morgan fingerprint density at radius 2 is 0.832 bits per heavy atom. The number of aliphatic hydroxyl groups excluding tert-OH is 5. The van der Waals surface area contributed by atoms with Crippen molar-refractivity contribution in [1.29, 1.82) is 0 Å². The van der Waals surface area contributed by atoms with Crippen LogP contribution in [-0.4, -0.2) is 261 Å². The quantitative estimate of drug-likeness (QED) is 0.0352. The molecule has 20 atom stereocenters. The fourth-order valence-corrected chi connectivity index (χ4v) is 11.6. The van der Waals surface area contributed by atoms with E-state index in [-0.39, 0.29) is 29.1 Å². The Morgan fingerprint density at radius 1 is 0.486 bits per heavy atom. The van der Waals surface area contributed by atoms with Crippen LogP contribution in [-0.2, 0) is 23.7 Å². The number of nitrogens with zero attached hydrogens (tertiary/aromatic N) is 12. The summed E-state index contributed by atoms with van der Waals surface area (Å²) in [5, 5.41) is 102. The Kier molecular flexibility index (Phi) is 25.5. The Morgan fingerprint density at radius 3 is 1.21 bits per heavy atom. The van der Waals surface area contributed by atoms with Crippen LogP contribution in [0, 0.1) is 71.9 Å². The number of aryl methyl sites for hydroxylation is 1. The minimum absolute atomic E-state index is 0.0589. The molecule has 37 nitrogen and oxygen atoms in total. The zero-order chi connectivity index (χ0) is 88.8. The number of ether oxygens (including phenoxy) is 5. The van der Waals surface area contributed by atoms with Gasteiger partial charge in [0, 0.05) is 11.9 Å². The van der Waals surface area contributed by atoms with Crippen molar-refractivity contribution in [2.24, 2.45) is 0 Å². The van der Waals surface area contributed by atoms with Crippen LogP contribution in [0.25, 0.3) is 0 Å². The number of hydrogen-bond donors (Lipinski definition) is 15. The van der Waals surface area contributed by atoms with E-state index in [4.69, 9.17) is 124 Å². The van der Waals surface area contributed by atoms with Crippen LogP contribution in [0.5, 0.6) is 0 Å². The molecular formula is C59H64Cl5F6N17O20. The van der Waals surface area contributed by atoms with E-state index in [0.29, 0.717) is 20.0 Å². The van der Waals surface area contributed by atoms with Crippen molar-refractivity contribution >= 4 is 87.2 Å². The molecule has 0 radical (unpaired) electrons.